The van der Waals surface area contributed by atoms with E-state index in [9.17, 15) is 9.90 Å². The van der Waals surface area contributed by atoms with Crippen LogP contribution in [0.15, 0.2) is 12.2 Å². The van der Waals surface area contributed by atoms with Gasteiger partial charge >= 0.3 is 5.97 Å². The van der Waals surface area contributed by atoms with Crippen LogP contribution in [0.2, 0.25) is 0 Å². The van der Waals surface area contributed by atoms with Crippen LogP contribution in [-0.4, -0.2) is 22.3 Å². The number of carbonyl (C=O) groups is 1. The van der Waals surface area contributed by atoms with Crippen molar-refractivity contribution in [3.05, 3.63) is 12.2 Å². The van der Waals surface area contributed by atoms with Crippen molar-refractivity contribution in [3.8, 4) is 0 Å². The summed E-state index contributed by atoms with van der Waals surface area (Å²) >= 11 is 0. The van der Waals surface area contributed by atoms with Crippen molar-refractivity contribution in [2.45, 2.75) is 32.3 Å². The molecule has 2 rings (SSSR count). The van der Waals surface area contributed by atoms with Gasteiger partial charge in [0.15, 0.2) is 0 Å². The van der Waals surface area contributed by atoms with E-state index in [0.717, 1.165) is 12.8 Å². The summed E-state index contributed by atoms with van der Waals surface area (Å²) in [6.07, 6.45) is 5.77. The molecule has 0 spiro atoms. The summed E-state index contributed by atoms with van der Waals surface area (Å²) in [5.74, 6) is -0.954. The van der Waals surface area contributed by atoms with E-state index in [1.54, 1.807) is 0 Å². The fourth-order valence-electron chi connectivity index (χ4n) is 3.00. The van der Waals surface area contributed by atoms with E-state index in [0.29, 0.717) is 6.42 Å². The zero-order chi connectivity index (χ0) is 10.3. The molecule has 0 bridgehead atoms. The molecule has 1 saturated carbocycles. The molecule has 3 nitrogen and oxygen atoms in total. The zero-order valence-electron chi connectivity index (χ0n) is 8.31. The van der Waals surface area contributed by atoms with E-state index in [1.807, 2.05) is 13.0 Å². The molecule has 0 amide bonds. The minimum atomic E-state index is -0.775. The van der Waals surface area contributed by atoms with Crippen LogP contribution in [0, 0.1) is 17.3 Å². The SMILES string of the molecule is CC12C(O)CCC1C=CCC2C(=O)O. The highest BCUT2D eigenvalue weighted by molar-refractivity contribution is 5.72. The maximum Gasteiger partial charge on any atom is 0.307 e. The van der Waals surface area contributed by atoms with Crippen molar-refractivity contribution >= 4 is 5.97 Å². The van der Waals surface area contributed by atoms with Gasteiger partial charge in [-0.05, 0) is 25.2 Å². The molecule has 0 aromatic heterocycles. The van der Waals surface area contributed by atoms with Crippen LogP contribution in [0.4, 0.5) is 0 Å². The quantitative estimate of drug-likeness (QED) is 0.624. The largest absolute Gasteiger partial charge is 0.481 e. The van der Waals surface area contributed by atoms with E-state index in [1.165, 1.54) is 0 Å². The normalized spacial score (nSPS) is 46.3. The predicted molar refractivity (Wildman–Crippen MR) is 51.7 cm³/mol. The number of allylic oxidation sites excluding steroid dienone is 2. The average molecular weight is 196 g/mol. The zero-order valence-corrected chi connectivity index (χ0v) is 8.31. The number of carboxylic acid groups (broad SMARTS) is 1. The second-order valence-electron chi connectivity index (χ2n) is 4.62. The number of aliphatic carboxylic acids is 1. The van der Waals surface area contributed by atoms with Crippen molar-refractivity contribution in [3.63, 3.8) is 0 Å². The number of fused-ring (bicyclic) bond motifs is 1. The molecule has 2 N–H and O–H groups in total. The summed E-state index contributed by atoms with van der Waals surface area (Å²) in [6.45, 7) is 1.91. The van der Waals surface area contributed by atoms with E-state index < -0.39 is 23.4 Å². The Labute approximate surface area is 83.4 Å². The topological polar surface area (TPSA) is 57.5 Å². The number of aliphatic hydroxyl groups is 1. The number of aliphatic hydroxyl groups excluding tert-OH is 1. The Kier molecular flexibility index (Phi) is 2.14. The van der Waals surface area contributed by atoms with Gasteiger partial charge in [-0.2, -0.15) is 0 Å². The van der Waals surface area contributed by atoms with Crippen LogP contribution in [-0.2, 0) is 4.79 Å². The Hall–Kier alpha value is -0.830. The van der Waals surface area contributed by atoms with Crippen molar-refractivity contribution < 1.29 is 15.0 Å². The smallest absolute Gasteiger partial charge is 0.307 e. The van der Waals surface area contributed by atoms with Gasteiger partial charge in [0, 0.05) is 5.41 Å². The Morgan fingerprint density at radius 3 is 2.86 bits per heavy atom. The Balaban J connectivity index is 2.37. The van der Waals surface area contributed by atoms with Crippen LogP contribution < -0.4 is 0 Å². The summed E-state index contributed by atoms with van der Waals surface area (Å²) in [5, 5.41) is 19.0. The number of carboxylic acids is 1. The van der Waals surface area contributed by atoms with Crippen molar-refractivity contribution in [1.29, 1.82) is 0 Å². The lowest BCUT2D eigenvalue weighted by Crippen LogP contribution is -2.44. The highest BCUT2D eigenvalue weighted by atomic mass is 16.4. The summed E-state index contributed by atoms with van der Waals surface area (Å²) in [5.41, 5.74) is -0.444. The standard InChI is InChI=1S/C11H16O3/c1-11-7(5-6-9(11)12)3-2-4-8(11)10(13)14/h2-3,7-9,12H,4-6H2,1H3,(H,13,14). The van der Waals surface area contributed by atoms with Gasteiger partial charge in [0.25, 0.3) is 0 Å². The maximum absolute atomic E-state index is 11.1. The molecule has 2 aliphatic rings. The van der Waals surface area contributed by atoms with Gasteiger partial charge in [0.05, 0.1) is 12.0 Å². The Bertz CT molecular complexity index is 284. The third kappa shape index (κ3) is 1.12. The first-order chi connectivity index (χ1) is 6.56. The first-order valence-electron chi connectivity index (χ1n) is 5.14. The van der Waals surface area contributed by atoms with Crippen LogP contribution >= 0.6 is 0 Å². The first kappa shape index (κ1) is 9.71. The fourth-order valence-corrected chi connectivity index (χ4v) is 3.00. The molecule has 0 aromatic carbocycles. The van der Waals surface area contributed by atoms with Gasteiger partial charge in [-0.3, -0.25) is 4.79 Å². The lowest BCUT2D eigenvalue weighted by Gasteiger charge is -2.40. The molecule has 0 heterocycles. The summed E-state index contributed by atoms with van der Waals surface area (Å²) in [7, 11) is 0. The molecule has 0 radical (unpaired) electrons. The monoisotopic (exact) mass is 196 g/mol. The molecular weight excluding hydrogens is 180 g/mol. The van der Waals surface area contributed by atoms with Crippen LogP contribution in [0.5, 0.6) is 0 Å². The van der Waals surface area contributed by atoms with Gasteiger partial charge in [0.1, 0.15) is 0 Å². The van der Waals surface area contributed by atoms with Crippen LogP contribution in [0.1, 0.15) is 26.2 Å². The third-order valence-corrected chi connectivity index (χ3v) is 4.06. The van der Waals surface area contributed by atoms with E-state index in [2.05, 4.69) is 6.08 Å². The Morgan fingerprint density at radius 1 is 1.50 bits per heavy atom. The number of hydrogen-bond donors (Lipinski definition) is 2. The lowest BCUT2D eigenvalue weighted by atomic mass is 9.64. The predicted octanol–water partition coefficient (Wildman–Crippen LogP) is 1.42. The van der Waals surface area contributed by atoms with E-state index >= 15 is 0 Å². The third-order valence-electron chi connectivity index (χ3n) is 4.06. The summed E-state index contributed by atoms with van der Waals surface area (Å²) < 4.78 is 0. The molecule has 14 heavy (non-hydrogen) atoms. The van der Waals surface area contributed by atoms with Crippen molar-refractivity contribution in [2.75, 3.05) is 0 Å². The van der Waals surface area contributed by atoms with Gasteiger partial charge in [-0.15, -0.1) is 0 Å². The molecule has 0 saturated heterocycles. The summed E-state index contributed by atoms with van der Waals surface area (Å²) in [4.78, 5) is 11.1. The lowest BCUT2D eigenvalue weighted by molar-refractivity contribution is -0.151. The minimum Gasteiger partial charge on any atom is -0.481 e. The molecule has 2 aliphatic carbocycles. The van der Waals surface area contributed by atoms with Gasteiger partial charge in [0.2, 0.25) is 0 Å². The van der Waals surface area contributed by atoms with Gasteiger partial charge < -0.3 is 10.2 Å². The number of hydrogen-bond acceptors (Lipinski definition) is 2. The van der Waals surface area contributed by atoms with E-state index in [-0.39, 0.29) is 5.92 Å². The molecule has 1 fully saturated rings. The van der Waals surface area contributed by atoms with Gasteiger partial charge in [-0.25, -0.2) is 0 Å². The average Bonchev–Trinajstić information content (AvgIpc) is 2.42. The van der Waals surface area contributed by atoms with Crippen molar-refractivity contribution in [2.24, 2.45) is 17.3 Å². The van der Waals surface area contributed by atoms with Crippen LogP contribution in [0.25, 0.3) is 0 Å². The molecule has 4 unspecified atom stereocenters. The second-order valence-corrected chi connectivity index (χ2v) is 4.62. The van der Waals surface area contributed by atoms with Crippen LogP contribution in [0.3, 0.4) is 0 Å². The molecule has 3 heteroatoms. The molecule has 0 aliphatic heterocycles. The molecule has 78 valence electrons. The number of rotatable bonds is 1. The fraction of sp³-hybridized carbons (Fsp3) is 0.727. The maximum atomic E-state index is 11.1. The molecule has 4 atom stereocenters. The first-order valence-corrected chi connectivity index (χ1v) is 5.14. The minimum absolute atomic E-state index is 0.243. The highest BCUT2D eigenvalue weighted by Gasteiger charge is 2.53. The molecule has 0 aromatic rings. The Morgan fingerprint density at radius 2 is 2.21 bits per heavy atom. The van der Waals surface area contributed by atoms with E-state index in [4.69, 9.17) is 5.11 Å². The summed E-state index contributed by atoms with van der Waals surface area (Å²) in [6, 6.07) is 0. The molecular formula is C11H16O3. The van der Waals surface area contributed by atoms with Crippen molar-refractivity contribution in [1.82, 2.24) is 0 Å². The van der Waals surface area contributed by atoms with Gasteiger partial charge in [-0.1, -0.05) is 19.1 Å². The highest BCUT2D eigenvalue weighted by Crippen LogP contribution is 2.52. The second kappa shape index (κ2) is 3.09.